The molecule has 3 aromatic heterocycles. The molecule has 0 saturated heterocycles. The highest BCUT2D eigenvalue weighted by Crippen LogP contribution is 2.30. The highest BCUT2D eigenvalue weighted by Gasteiger charge is 2.19. The molecule has 0 aliphatic carbocycles. The summed E-state index contributed by atoms with van der Waals surface area (Å²) in [5.74, 6) is -0.692. The Morgan fingerprint density at radius 1 is 1.09 bits per heavy atom. The van der Waals surface area contributed by atoms with E-state index in [1.165, 1.54) is 35.0 Å². The molecule has 5 rings (SSSR count). The summed E-state index contributed by atoms with van der Waals surface area (Å²) in [6, 6.07) is 15.5. The molecular formula is C25H20F2N6O2. The summed E-state index contributed by atoms with van der Waals surface area (Å²) in [5, 5.41) is 7.72. The molecule has 3 heterocycles. The lowest BCUT2D eigenvalue weighted by atomic mass is 10.1. The summed E-state index contributed by atoms with van der Waals surface area (Å²) in [6.45, 7) is 2.22. The molecule has 0 unspecified atom stereocenters. The van der Waals surface area contributed by atoms with Gasteiger partial charge in [-0.15, -0.1) is 0 Å². The molecule has 35 heavy (non-hydrogen) atoms. The average molecular weight is 474 g/mol. The zero-order valence-corrected chi connectivity index (χ0v) is 18.6. The molecule has 0 bridgehead atoms. The van der Waals surface area contributed by atoms with Gasteiger partial charge in [0.05, 0.1) is 30.7 Å². The lowest BCUT2D eigenvalue weighted by Gasteiger charge is -2.05. The van der Waals surface area contributed by atoms with Crippen LogP contribution in [-0.2, 0) is 11.3 Å². The third-order valence-corrected chi connectivity index (χ3v) is 5.26. The minimum atomic E-state index is -0.534. The molecule has 0 spiro atoms. The normalized spacial score (nSPS) is 11.1. The van der Waals surface area contributed by atoms with Gasteiger partial charge in [-0.05, 0) is 61.5 Å². The number of H-pyrrole nitrogens is 1. The molecule has 0 atom stereocenters. The fourth-order valence-corrected chi connectivity index (χ4v) is 3.64. The van der Waals surface area contributed by atoms with Crippen molar-refractivity contribution in [1.29, 1.82) is 0 Å². The van der Waals surface area contributed by atoms with E-state index in [0.717, 1.165) is 0 Å². The number of rotatable bonds is 7. The van der Waals surface area contributed by atoms with Crippen LogP contribution in [0.15, 0.2) is 66.9 Å². The minimum Gasteiger partial charge on any atom is -0.461 e. The Balaban J connectivity index is 1.56. The van der Waals surface area contributed by atoms with E-state index in [2.05, 4.69) is 25.4 Å². The molecule has 2 N–H and O–H groups in total. The van der Waals surface area contributed by atoms with Crippen LogP contribution in [0.2, 0.25) is 0 Å². The number of hydrogen-bond donors (Lipinski definition) is 2. The minimum absolute atomic E-state index is 0.194. The second-order valence-corrected chi connectivity index (χ2v) is 7.63. The van der Waals surface area contributed by atoms with Gasteiger partial charge in [0.2, 0.25) is 0 Å². The second-order valence-electron chi connectivity index (χ2n) is 7.63. The third kappa shape index (κ3) is 4.58. The van der Waals surface area contributed by atoms with Crippen LogP contribution in [0.25, 0.3) is 28.3 Å². The molecular weight excluding hydrogens is 454 g/mol. The highest BCUT2D eigenvalue weighted by atomic mass is 19.1. The lowest BCUT2D eigenvalue weighted by molar-refractivity contribution is 0.0516. The van der Waals surface area contributed by atoms with Crippen LogP contribution < -0.4 is 5.32 Å². The lowest BCUT2D eigenvalue weighted by Crippen LogP contribution is -2.10. The predicted octanol–water partition coefficient (Wildman–Crippen LogP) is 4.85. The maximum Gasteiger partial charge on any atom is 0.358 e. The number of fused-ring (bicyclic) bond motifs is 1. The number of imidazole rings is 2. The highest BCUT2D eigenvalue weighted by molar-refractivity contribution is 5.88. The second kappa shape index (κ2) is 9.34. The SMILES string of the molecule is CCOC(=O)c1cnc2ccc(-c3[nH]c(CNc4cccc(F)c4)nc3-c3ccc(F)cc3)nn12. The van der Waals surface area contributed by atoms with Crippen LogP contribution in [0, 0.1) is 11.6 Å². The summed E-state index contributed by atoms with van der Waals surface area (Å²) in [6.07, 6.45) is 1.41. The zero-order chi connectivity index (χ0) is 24.4. The molecule has 2 aromatic carbocycles. The molecule has 0 amide bonds. The number of anilines is 1. The standard InChI is InChI=1S/C25H20F2N6O2/c1-2-35-25(34)20-13-29-22-11-10-19(32-33(20)22)24-23(15-6-8-16(26)9-7-15)30-21(31-24)14-28-18-5-3-4-17(27)12-18/h3-13,28H,2,14H2,1H3,(H,30,31). The van der Waals surface area contributed by atoms with E-state index in [1.807, 2.05) is 0 Å². The van der Waals surface area contributed by atoms with Crippen molar-refractivity contribution in [3.8, 4) is 22.6 Å². The number of ether oxygens (including phenoxy) is 1. The van der Waals surface area contributed by atoms with Gasteiger partial charge in [-0.25, -0.2) is 28.1 Å². The largest absolute Gasteiger partial charge is 0.461 e. The number of halogens is 2. The number of nitrogens with one attached hydrogen (secondary N) is 2. The van der Waals surface area contributed by atoms with Crippen LogP contribution in [0.3, 0.4) is 0 Å². The first-order chi connectivity index (χ1) is 17.0. The Bertz CT molecular complexity index is 1510. The van der Waals surface area contributed by atoms with Crippen LogP contribution >= 0.6 is 0 Å². The van der Waals surface area contributed by atoms with Gasteiger partial charge in [-0.3, -0.25) is 0 Å². The molecule has 0 fully saturated rings. The fraction of sp³-hybridized carbons (Fsp3) is 0.120. The van der Waals surface area contributed by atoms with E-state index >= 15 is 0 Å². The summed E-state index contributed by atoms with van der Waals surface area (Å²) in [4.78, 5) is 24.5. The van der Waals surface area contributed by atoms with Gasteiger partial charge in [0.1, 0.15) is 23.2 Å². The summed E-state index contributed by atoms with van der Waals surface area (Å²) >= 11 is 0. The van der Waals surface area contributed by atoms with Gasteiger partial charge >= 0.3 is 5.97 Å². The summed E-state index contributed by atoms with van der Waals surface area (Å²) < 4.78 is 33.6. The van der Waals surface area contributed by atoms with Crippen LogP contribution in [0.5, 0.6) is 0 Å². The Labute approximate surface area is 198 Å². The Hall–Kier alpha value is -4.60. The maximum absolute atomic E-state index is 13.6. The number of aromatic nitrogens is 5. The van der Waals surface area contributed by atoms with E-state index in [1.54, 1.807) is 43.3 Å². The Morgan fingerprint density at radius 3 is 2.69 bits per heavy atom. The molecule has 5 aromatic rings. The first kappa shape index (κ1) is 22.2. The average Bonchev–Trinajstić information content (AvgIpc) is 3.48. The topological polar surface area (TPSA) is 97.2 Å². The Kier molecular flexibility index (Phi) is 5.92. The number of benzene rings is 2. The van der Waals surface area contributed by atoms with Crippen molar-refractivity contribution in [2.75, 3.05) is 11.9 Å². The van der Waals surface area contributed by atoms with Gasteiger partial charge in [-0.2, -0.15) is 5.10 Å². The van der Waals surface area contributed by atoms with Crippen molar-refractivity contribution < 1.29 is 18.3 Å². The fourth-order valence-electron chi connectivity index (χ4n) is 3.64. The van der Waals surface area contributed by atoms with Crippen molar-refractivity contribution in [3.63, 3.8) is 0 Å². The number of carbonyl (C=O) groups is 1. The number of aromatic amines is 1. The van der Waals surface area contributed by atoms with Gasteiger partial charge in [0.25, 0.3) is 0 Å². The van der Waals surface area contributed by atoms with Crippen molar-refractivity contribution in [1.82, 2.24) is 24.6 Å². The first-order valence-electron chi connectivity index (χ1n) is 10.9. The predicted molar refractivity (Wildman–Crippen MR) is 126 cm³/mol. The smallest absolute Gasteiger partial charge is 0.358 e. The van der Waals surface area contributed by atoms with E-state index in [4.69, 9.17) is 4.74 Å². The monoisotopic (exact) mass is 474 g/mol. The number of nitrogens with zero attached hydrogens (tertiary/aromatic N) is 4. The van der Waals surface area contributed by atoms with E-state index in [-0.39, 0.29) is 30.5 Å². The van der Waals surface area contributed by atoms with Gasteiger partial charge in [0.15, 0.2) is 11.3 Å². The first-order valence-corrected chi connectivity index (χ1v) is 10.9. The molecule has 0 saturated carbocycles. The quantitative estimate of drug-likeness (QED) is 0.327. The van der Waals surface area contributed by atoms with Crippen molar-refractivity contribution >= 4 is 17.3 Å². The van der Waals surface area contributed by atoms with Gasteiger partial charge in [-0.1, -0.05) is 6.07 Å². The Morgan fingerprint density at radius 2 is 1.91 bits per heavy atom. The number of carbonyl (C=O) groups excluding carboxylic acids is 1. The van der Waals surface area contributed by atoms with Crippen molar-refractivity contribution in [3.05, 3.63) is 90.0 Å². The maximum atomic E-state index is 13.6. The molecule has 0 aliphatic rings. The molecule has 0 radical (unpaired) electrons. The van der Waals surface area contributed by atoms with E-state index < -0.39 is 5.97 Å². The van der Waals surface area contributed by atoms with Crippen molar-refractivity contribution in [2.45, 2.75) is 13.5 Å². The van der Waals surface area contributed by atoms with Crippen LogP contribution in [-0.4, -0.2) is 37.1 Å². The van der Waals surface area contributed by atoms with E-state index in [0.29, 0.717) is 39.8 Å². The third-order valence-electron chi connectivity index (χ3n) is 5.26. The zero-order valence-electron chi connectivity index (χ0n) is 18.6. The molecule has 10 heteroatoms. The summed E-state index contributed by atoms with van der Waals surface area (Å²) in [5.41, 5.74) is 3.55. The van der Waals surface area contributed by atoms with Gasteiger partial charge < -0.3 is 15.0 Å². The van der Waals surface area contributed by atoms with Crippen LogP contribution in [0.4, 0.5) is 14.5 Å². The van der Waals surface area contributed by atoms with Gasteiger partial charge in [0, 0.05) is 11.3 Å². The molecule has 8 nitrogen and oxygen atoms in total. The number of hydrogen-bond acceptors (Lipinski definition) is 6. The molecule has 0 aliphatic heterocycles. The van der Waals surface area contributed by atoms with E-state index in [9.17, 15) is 13.6 Å². The van der Waals surface area contributed by atoms with Crippen LogP contribution in [0.1, 0.15) is 23.2 Å². The van der Waals surface area contributed by atoms with Crippen molar-refractivity contribution in [2.24, 2.45) is 0 Å². The number of esters is 1. The summed E-state index contributed by atoms with van der Waals surface area (Å²) in [7, 11) is 0. The molecule has 176 valence electrons.